The summed E-state index contributed by atoms with van der Waals surface area (Å²) in [5.41, 5.74) is -0.621. The van der Waals surface area contributed by atoms with E-state index in [0.29, 0.717) is 12.1 Å². The number of nitrogens with one attached hydrogen (secondary N) is 2. The maximum Gasteiger partial charge on any atom is 0.416 e. The Hall–Kier alpha value is -4.15. The van der Waals surface area contributed by atoms with Gasteiger partial charge in [0.15, 0.2) is 6.61 Å². The summed E-state index contributed by atoms with van der Waals surface area (Å²) in [7, 11) is 0. The number of alkyl halides is 3. The fourth-order valence-corrected chi connectivity index (χ4v) is 3.49. The lowest BCUT2D eigenvalue weighted by Gasteiger charge is -2.24. The topological polar surface area (TPSA) is 122 Å². The van der Waals surface area contributed by atoms with Gasteiger partial charge in [-0.05, 0) is 55.3 Å². The van der Waals surface area contributed by atoms with Gasteiger partial charge in [-0.1, -0.05) is 18.2 Å². The molecule has 1 aliphatic carbocycles. The van der Waals surface area contributed by atoms with Crippen LogP contribution in [-0.4, -0.2) is 35.5 Å². The highest BCUT2D eigenvalue weighted by molar-refractivity contribution is 5.97. The lowest BCUT2D eigenvalue weighted by Crippen LogP contribution is -2.34. The summed E-state index contributed by atoms with van der Waals surface area (Å²) in [5, 5.41) is 14.1. The van der Waals surface area contributed by atoms with Crippen molar-refractivity contribution in [3.63, 3.8) is 0 Å². The highest BCUT2D eigenvalue weighted by atomic mass is 19.4. The van der Waals surface area contributed by atoms with E-state index in [1.807, 2.05) is 0 Å². The summed E-state index contributed by atoms with van der Waals surface area (Å²) < 4.78 is 43.2. The molecular weight excluding hydrogens is 469 g/mol. The smallest absolute Gasteiger partial charge is 0.416 e. The van der Waals surface area contributed by atoms with E-state index in [-0.39, 0.29) is 17.7 Å². The second-order valence-electron chi connectivity index (χ2n) is 7.76. The molecule has 0 saturated heterocycles. The Morgan fingerprint density at radius 1 is 0.914 bits per heavy atom. The van der Waals surface area contributed by atoms with Gasteiger partial charge >= 0.3 is 18.1 Å². The number of halogens is 3. The molecule has 2 amide bonds. The van der Waals surface area contributed by atoms with Crippen molar-refractivity contribution in [1.82, 2.24) is 0 Å². The summed E-state index contributed by atoms with van der Waals surface area (Å²) in [6, 6.07) is 9.56. The van der Waals surface area contributed by atoms with Crippen LogP contribution in [0.3, 0.4) is 0 Å². The molecule has 35 heavy (non-hydrogen) atoms. The van der Waals surface area contributed by atoms with E-state index in [4.69, 9.17) is 4.74 Å². The first kappa shape index (κ1) is 25.5. The Morgan fingerprint density at radius 2 is 1.57 bits per heavy atom. The second kappa shape index (κ2) is 10.9. The third-order valence-electron chi connectivity index (χ3n) is 5.28. The summed E-state index contributed by atoms with van der Waals surface area (Å²) in [5.74, 6) is -4.73. The Labute approximate surface area is 197 Å². The number of amides is 2. The maximum atomic E-state index is 12.8. The second-order valence-corrected chi connectivity index (χ2v) is 7.76. The van der Waals surface area contributed by atoms with Crippen molar-refractivity contribution in [3.8, 4) is 0 Å². The molecule has 3 N–H and O–H groups in total. The van der Waals surface area contributed by atoms with Crippen LogP contribution in [0.1, 0.15) is 28.8 Å². The first-order valence-electron chi connectivity index (χ1n) is 10.5. The third kappa shape index (κ3) is 6.92. The molecular formula is C24H21F3N2O6. The minimum atomic E-state index is -4.57. The number of hydrogen-bond acceptors (Lipinski definition) is 5. The molecule has 3 rings (SSSR count). The quantitative estimate of drug-likeness (QED) is 0.397. The van der Waals surface area contributed by atoms with Crippen molar-refractivity contribution in [3.05, 3.63) is 71.8 Å². The number of carboxylic acids is 1. The number of esters is 1. The van der Waals surface area contributed by atoms with E-state index < -0.39 is 53.9 Å². The number of hydrogen-bond donors (Lipinski definition) is 3. The highest BCUT2D eigenvalue weighted by Crippen LogP contribution is 2.30. The van der Waals surface area contributed by atoms with Crippen LogP contribution >= 0.6 is 0 Å². The zero-order chi connectivity index (χ0) is 25.6. The van der Waals surface area contributed by atoms with Gasteiger partial charge in [0.1, 0.15) is 0 Å². The van der Waals surface area contributed by atoms with Crippen molar-refractivity contribution >= 4 is 35.1 Å². The number of allylic oxidation sites excluding steroid dienone is 2. The molecule has 0 saturated carbocycles. The molecule has 8 nitrogen and oxygen atoms in total. The number of carbonyl (C=O) groups excluding carboxylic acids is 3. The number of anilines is 2. The average molecular weight is 490 g/mol. The molecule has 0 aliphatic heterocycles. The first-order valence-corrected chi connectivity index (χ1v) is 10.5. The molecule has 11 heteroatoms. The molecule has 0 unspecified atom stereocenters. The molecule has 0 bridgehead atoms. The molecule has 0 aromatic heterocycles. The molecule has 1 aliphatic rings. The third-order valence-corrected chi connectivity index (χ3v) is 5.28. The van der Waals surface area contributed by atoms with Crippen LogP contribution in [0, 0.1) is 11.8 Å². The molecule has 2 atom stereocenters. The van der Waals surface area contributed by atoms with Crippen LogP contribution in [0.15, 0.2) is 60.7 Å². The normalized spacial score (nSPS) is 17.3. The predicted octanol–water partition coefficient (Wildman–Crippen LogP) is 4.11. The van der Waals surface area contributed by atoms with Gasteiger partial charge in [-0.2, -0.15) is 13.2 Å². The number of ether oxygens (including phenoxy) is 1. The van der Waals surface area contributed by atoms with E-state index in [9.17, 15) is 37.5 Å². The van der Waals surface area contributed by atoms with Crippen LogP contribution < -0.4 is 10.6 Å². The zero-order valence-corrected chi connectivity index (χ0v) is 18.2. The summed E-state index contributed by atoms with van der Waals surface area (Å²) in [6.45, 7) is -0.723. The van der Waals surface area contributed by atoms with Gasteiger partial charge in [0.05, 0.1) is 23.0 Å². The van der Waals surface area contributed by atoms with Crippen molar-refractivity contribution in [2.24, 2.45) is 11.8 Å². The lowest BCUT2D eigenvalue weighted by atomic mass is 9.82. The molecule has 184 valence electrons. The minimum absolute atomic E-state index is 0.0684. The van der Waals surface area contributed by atoms with E-state index in [1.165, 1.54) is 30.3 Å². The van der Waals surface area contributed by atoms with Crippen molar-refractivity contribution in [2.45, 2.75) is 19.0 Å². The molecule has 0 fully saturated rings. The van der Waals surface area contributed by atoms with Crippen LogP contribution in [0.5, 0.6) is 0 Å². The highest BCUT2D eigenvalue weighted by Gasteiger charge is 2.34. The van der Waals surface area contributed by atoms with Crippen LogP contribution in [0.4, 0.5) is 24.5 Å². The Morgan fingerprint density at radius 3 is 2.20 bits per heavy atom. The number of carboxylic acid groups (broad SMARTS) is 1. The van der Waals surface area contributed by atoms with Crippen LogP contribution in [0.25, 0.3) is 0 Å². The van der Waals surface area contributed by atoms with Gasteiger partial charge in [0.25, 0.3) is 5.91 Å². The summed E-state index contributed by atoms with van der Waals surface area (Å²) >= 11 is 0. The number of benzene rings is 2. The monoisotopic (exact) mass is 490 g/mol. The van der Waals surface area contributed by atoms with Gasteiger partial charge in [-0.3, -0.25) is 14.4 Å². The summed E-state index contributed by atoms with van der Waals surface area (Å²) in [6.07, 6.45) is -0.519. The zero-order valence-electron chi connectivity index (χ0n) is 18.2. The predicted molar refractivity (Wildman–Crippen MR) is 118 cm³/mol. The lowest BCUT2D eigenvalue weighted by molar-refractivity contribution is -0.146. The molecule has 0 spiro atoms. The molecule has 0 heterocycles. The standard InChI is InChI=1S/C24H21F3N2O6/c25-24(26,27)15-4-3-5-17(12-15)28-20(30)13-35-23(34)14-8-10-16(11-9-14)29-21(31)18-6-1-2-7-19(18)22(32)33/h1-5,8-12,18-19H,6-7,13H2,(H,28,30)(H,29,31)(H,32,33)/t18-,19+/m0/s1. The first-order chi connectivity index (χ1) is 16.5. The molecule has 2 aromatic carbocycles. The maximum absolute atomic E-state index is 12.8. The van der Waals surface area contributed by atoms with Gasteiger partial charge in [0, 0.05) is 11.4 Å². The summed E-state index contributed by atoms with van der Waals surface area (Å²) in [4.78, 5) is 48.0. The number of aliphatic carboxylic acids is 1. The van der Waals surface area contributed by atoms with E-state index in [2.05, 4.69) is 10.6 Å². The van der Waals surface area contributed by atoms with Crippen molar-refractivity contribution in [2.75, 3.05) is 17.2 Å². The van der Waals surface area contributed by atoms with E-state index in [1.54, 1.807) is 12.2 Å². The van der Waals surface area contributed by atoms with Gasteiger partial charge in [-0.25, -0.2) is 4.79 Å². The van der Waals surface area contributed by atoms with Crippen molar-refractivity contribution in [1.29, 1.82) is 0 Å². The van der Waals surface area contributed by atoms with E-state index >= 15 is 0 Å². The van der Waals surface area contributed by atoms with Crippen LogP contribution in [0.2, 0.25) is 0 Å². The minimum Gasteiger partial charge on any atom is -0.481 e. The molecule has 2 aromatic rings. The fraction of sp³-hybridized carbons (Fsp3) is 0.250. The fourth-order valence-electron chi connectivity index (χ4n) is 3.49. The Kier molecular flexibility index (Phi) is 7.90. The van der Waals surface area contributed by atoms with Crippen molar-refractivity contribution < 1.29 is 42.2 Å². The average Bonchev–Trinajstić information content (AvgIpc) is 2.82. The Bertz CT molecular complexity index is 1140. The number of carbonyl (C=O) groups is 4. The van der Waals surface area contributed by atoms with E-state index in [0.717, 1.165) is 18.2 Å². The van der Waals surface area contributed by atoms with Crippen LogP contribution in [-0.2, 0) is 25.3 Å². The number of rotatable bonds is 7. The largest absolute Gasteiger partial charge is 0.481 e. The molecule has 0 radical (unpaired) electrons. The van der Waals surface area contributed by atoms with Gasteiger partial charge in [-0.15, -0.1) is 0 Å². The van der Waals surface area contributed by atoms with Gasteiger partial charge < -0.3 is 20.5 Å². The Balaban J connectivity index is 1.52. The SMILES string of the molecule is O=C(COC(=O)c1ccc(NC(=O)[C@H]2CC=CC[C@H]2C(=O)O)cc1)Nc1cccc(C(F)(F)F)c1. The van der Waals surface area contributed by atoms with Gasteiger partial charge in [0.2, 0.25) is 5.91 Å².